The standard InChI is InChI=1S/C18H25N5/c1-14-20-11-16(12-21-14)18-19-7-10-23(18)13-15-5-4-9-22-8-3-2-6-17(15)22/h7,10-12,15,17H,2-6,8-9,13H2,1H3/t15-,17+/m0/s1. The predicted octanol–water partition coefficient (Wildman–Crippen LogP) is 2.91. The smallest absolute Gasteiger partial charge is 0.143 e. The van der Waals surface area contributed by atoms with Gasteiger partial charge in [0.25, 0.3) is 0 Å². The normalized spacial score (nSPS) is 25.3. The van der Waals surface area contributed by atoms with Gasteiger partial charge in [0, 0.05) is 37.4 Å². The van der Waals surface area contributed by atoms with Crippen LogP contribution in [0.2, 0.25) is 0 Å². The summed E-state index contributed by atoms with van der Waals surface area (Å²) in [6, 6.07) is 0.766. The number of fused-ring (bicyclic) bond motifs is 1. The summed E-state index contributed by atoms with van der Waals surface area (Å²) in [7, 11) is 0. The van der Waals surface area contributed by atoms with Gasteiger partial charge in [-0.05, 0) is 51.6 Å². The highest BCUT2D eigenvalue weighted by Gasteiger charge is 2.33. The molecule has 0 bridgehead atoms. The predicted molar refractivity (Wildman–Crippen MR) is 89.9 cm³/mol. The molecule has 2 aromatic heterocycles. The van der Waals surface area contributed by atoms with Crippen LogP contribution < -0.4 is 0 Å². The molecule has 4 rings (SSSR count). The molecule has 122 valence electrons. The summed E-state index contributed by atoms with van der Waals surface area (Å²) in [5.41, 5.74) is 1.01. The van der Waals surface area contributed by atoms with Gasteiger partial charge >= 0.3 is 0 Å². The third-order valence-electron chi connectivity index (χ3n) is 5.41. The van der Waals surface area contributed by atoms with E-state index in [1.165, 1.54) is 45.2 Å². The Hall–Kier alpha value is -1.75. The summed E-state index contributed by atoms with van der Waals surface area (Å²) in [6.07, 6.45) is 14.6. The lowest BCUT2D eigenvalue weighted by molar-refractivity contribution is 0.0521. The van der Waals surface area contributed by atoms with Gasteiger partial charge in [0.1, 0.15) is 11.6 Å². The van der Waals surface area contributed by atoms with Gasteiger partial charge in [-0.25, -0.2) is 15.0 Å². The van der Waals surface area contributed by atoms with Gasteiger partial charge in [0.15, 0.2) is 0 Å². The average Bonchev–Trinajstić information content (AvgIpc) is 3.04. The van der Waals surface area contributed by atoms with Crippen LogP contribution in [-0.2, 0) is 6.54 Å². The van der Waals surface area contributed by atoms with Crippen LogP contribution >= 0.6 is 0 Å². The second-order valence-corrected chi connectivity index (χ2v) is 6.92. The van der Waals surface area contributed by atoms with Crippen molar-refractivity contribution in [3.8, 4) is 11.4 Å². The van der Waals surface area contributed by atoms with Crippen molar-refractivity contribution in [1.29, 1.82) is 0 Å². The Morgan fingerprint density at radius 3 is 2.74 bits per heavy atom. The van der Waals surface area contributed by atoms with Gasteiger partial charge < -0.3 is 9.47 Å². The van der Waals surface area contributed by atoms with Crippen molar-refractivity contribution >= 4 is 0 Å². The molecule has 0 unspecified atom stereocenters. The lowest BCUT2D eigenvalue weighted by atomic mass is 9.83. The fourth-order valence-electron chi connectivity index (χ4n) is 4.27. The highest BCUT2D eigenvalue weighted by molar-refractivity contribution is 5.52. The Labute approximate surface area is 137 Å². The second-order valence-electron chi connectivity index (χ2n) is 6.92. The third-order valence-corrected chi connectivity index (χ3v) is 5.41. The van der Waals surface area contributed by atoms with Crippen molar-refractivity contribution in [3.05, 3.63) is 30.6 Å². The minimum atomic E-state index is 0.739. The lowest BCUT2D eigenvalue weighted by Crippen LogP contribution is -2.49. The quantitative estimate of drug-likeness (QED) is 0.874. The van der Waals surface area contributed by atoms with E-state index in [1.54, 1.807) is 0 Å². The van der Waals surface area contributed by atoms with Crippen LogP contribution in [0, 0.1) is 12.8 Å². The molecule has 0 radical (unpaired) electrons. The summed E-state index contributed by atoms with van der Waals surface area (Å²) in [4.78, 5) is 15.9. The largest absolute Gasteiger partial charge is 0.331 e. The fraction of sp³-hybridized carbons (Fsp3) is 0.611. The highest BCUT2D eigenvalue weighted by atomic mass is 15.2. The molecule has 0 saturated carbocycles. The number of nitrogens with zero attached hydrogens (tertiary/aromatic N) is 5. The van der Waals surface area contributed by atoms with Gasteiger partial charge in [-0.2, -0.15) is 0 Å². The number of imidazole rings is 1. The monoisotopic (exact) mass is 311 g/mol. The van der Waals surface area contributed by atoms with Crippen LogP contribution in [0.15, 0.2) is 24.8 Å². The zero-order chi connectivity index (χ0) is 15.6. The molecule has 2 atom stereocenters. The summed E-state index contributed by atoms with van der Waals surface area (Å²) in [5.74, 6) is 2.54. The number of hydrogen-bond donors (Lipinski definition) is 0. The number of rotatable bonds is 3. The van der Waals surface area contributed by atoms with Gasteiger partial charge in [-0.3, -0.25) is 0 Å². The molecule has 2 aromatic rings. The number of aromatic nitrogens is 4. The van der Waals surface area contributed by atoms with Crippen molar-refractivity contribution in [3.63, 3.8) is 0 Å². The molecular weight excluding hydrogens is 286 g/mol. The summed E-state index contributed by atoms with van der Waals surface area (Å²) in [6.45, 7) is 5.56. The zero-order valence-corrected chi connectivity index (χ0v) is 13.9. The summed E-state index contributed by atoms with van der Waals surface area (Å²) >= 11 is 0. The number of hydrogen-bond acceptors (Lipinski definition) is 4. The Morgan fingerprint density at radius 1 is 1.04 bits per heavy atom. The Morgan fingerprint density at radius 2 is 1.87 bits per heavy atom. The topological polar surface area (TPSA) is 46.8 Å². The summed E-state index contributed by atoms with van der Waals surface area (Å²) in [5, 5.41) is 0. The molecule has 0 spiro atoms. The van der Waals surface area contributed by atoms with Crippen molar-refractivity contribution in [1.82, 2.24) is 24.4 Å². The molecule has 0 amide bonds. The van der Waals surface area contributed by atoms with E-state index in [-0.39, 0.29) is 0 Å². The minimum Gasteiger partial charge on any atom is -0.331 e. The second kappa shape index (κ2) is 6.40. The van der Waals surface area contributed by atoms with Crippen LogP contribution in [0.4, 0.5) is 0 Å². The molecule has 2 aliphatic heterocycles. The van der Waals surface area contributed by atoms with E-state index in [0.29, 0.717) is 0 Å². The van der Waals surface area contributed by atoms with Crippen molar-refractivity contribution in [2.75, 3.05) is 13.1 Å². The van der Waals surface area contributed by atoms with Crippen LogP contribution in [0.3, 0.4) is 0 Å². The van der Waals surface area contributed by atoms with Crippen LogP contribution in [0.25, 0.3) is 11.4 Å². The number of piperidine rings is 2. The molecule has 0 aliphatic carbocycles. The molecule has 0 aromatic carbocycles. The van der Waals surface area contributed by atoms with E-state index in [1.807, 2.05) is 25.5 Å². The molecule has 4 heterocycles. The molecule has 5 heteroatoms. The maximum absolute atomic E-state index is 4.55. The maximum Gasteiger partial charge on any atom is 0.143 e. The van der Waals surface area contributed by atoms with E-state index in [0.717, 1.165) is 35.7 Å². The van der Waals surface area contributed by atoms with E-state index >= 15 is 0 Å². The van der Waals surface area contributed by atoms with Gasteiger partial charge in [0.05, 0.1) is 5.56 Å². The highest BCUT2D eigenvalue weighted by Crippen LogP contribution is 2.32. The Bertz CT molecular complexity index is 646. The first kappa shape index (κ1) is 14.8. The van der Waals surface area contributed by atoms with E-state index in [9.17, 15) is 0 Å². The van der Waals surface area contributed by atoms with Gasteiger partial charge in [0.2, 0.25) is 0 Å². The molecule has 0 N–H and O–H groups in total. The first-order valence-corrected chi connectivity index (χ1v) is 8.85. The Balaban J connectivity index is 1.55. The average molecular weight is 311 g/mol. The van der Waals surface area contributed by atoms with Crippen LogP contribution in [-0.4, -0.2) is 43.6 Å². The fourth-order valence-corrected chi connectivity index (χ4v) is 4.27. The van der Waals surface area contributed by atoms with Crippen LogP contribution in [0.1, 0.15) is 37.9 Å². The van der Waals surface area contributed by atoms with Crippen LogP contribution in [0.5, 0.6) is 0 Å². The molecule has 2 fully saturated rings. The molecule has 2 aliphatic rings. The van der Waals surface area contributed by atoms with E-state index < -0.39 is 0 Å². The SMILES string of the molecule is Cc1ncc(-c2nccn2C[C@@H]2CCCN3CCCC[C@H]23)cn1. The maximum atomic E-state index is 4.55. The Kier molecular flexibility index (Phi) is 4.12. The van der Waals surface area contributed by atoms with Crippen molar-refractivity contribution in [2.24, 2.45) is 5.92 Å². The molecule has 23 heavy (non-hydrogen) atoms. The minimum absolute atomic E-state index is 0.739. The zero-order valence-electron chi connectivity index (χ0n) is 13.9. The van der Waals surface area contributed by atoms with Crippen molar-refractivity contribution in [2.45, 2.75) is 51.6 Å². The first-order valence-electron chi connectivity index (χ1n) is 8.85. The molecule has 2 saturated heterocycles. The summed E-state index contributed by atoms with van der Waals surface area (Å²) < 4.78 is 2.30. The van der Waals surface area contributed by atoms with Crippen molar-refractivity contribution < 1.29 is 0 Å². The lowest BCUT2D eigenvalue weighted by Gasteiger charge is -2.44. The third kappa shape index (κ3) is 3.02. The number of aryl methyl sites for hydroxylation is 1. The van der Waals surface area contributed by atoms with Gasteiger partial charge in [-0.15, -0.1) is 0 Å². The van der Waals surface area contributed by atoms with Gasteiger partial charge in [-0.1, -0.05) is 6.42 Å². The van der Waals surface area contributed by atoms with E-state index in [2.05, 4.69) is 30.6 Å². The first-order chi connectivity index (χ1) is 11.3. The molecular formula is C18H25N5. The molecule has 5 nitrogen and oxygen atoms in total. The van der Waals surface area contributed by atoms with E-state index in [4.69, 9.17) is 0 Å².